The molecule has 0 unspecified atom stereocenters. The number of carbonyl (C=O) groups is 1. The number of methoxy groups -OCH3 is 2. The molecule has 24 heavy (non-hydrogen) atoms. The Hall–Kier alpha value is -3.01. The molecule has 4 heteroatoms. The zero-order valence-electron chi connectivity index (χ0n) is 13.8. The third-order valence-corrected chi connectivity index (χ3v) is 3.79. The third-order valence-electron chi connectivity index (χ3n) is 3.79. The molecule has 0 saturated carbocycles. The van der Waals surface area contributed by atoms with E-state index in [0.29, 0.717) is 22.8 Å². The molecule has 0 spiro atoms. The van der Waals surface area contributed by atoms with Crippen molar-refractivity contribution < 1.29 is 19.0 Å². The second-order valence-corrected chi connectivity index (χ2v) is 5.48. The van der Waals surface area contributed by atoms with Crippen molar-refractivity contribution in [3.8, 4) is 11.5 Å². The molecule has 0 saturated heterocycles. The molecule has 0 radical (unpaired) electrons. The fraction of sp³-hybridized carbons (Fsp3) is 0.150. The van der Waals surface area contributed by atoms with Gasteiger partial charge in [0.2, 0.25) is 0 Å². The lowest BCUT2D eigenvalue weighted by molar-refractivity contribution is -0.130. The molecule has 1 aliphatic heterocycles. The highest BCUT2D eigenvalue weighted by atomic mass is 16.5. The molecular weight excluding hydrogens is 304 g/mol. The fourth-order valence-electron chi connectivity index (χ4n) is 2.47. The van der Waals surface area contributed by atoms with Crippen LogP contribution in [0.25, 0.3) is 11.8 Å². The van der Waals surface area contributed by atoms with Crippen LogP contribution in [0.3, 0.4) is 0 Å². The second-order valence-electron chi connectivity index (χ2n) is 5.48. The van der Waals surface area contributed by atoms with Crippen LogP contribution >= 0.6 is 0 Å². The lowest BCUT2D eigenvalue weighted by atomic mass is 10.1. The van der Waals surface area contributed by atoms with Crippen molar-refractivity contribution in [2.75, 3.05) is 14.2 Å². The van der Waals surface area contributed by atoms with Crippen LogP contribution in [-0.4, -0.2) is 20.2 Å². The molecule has 3 rings (SSSR count). The first-order valence-corrected chi connectivity index (χ1v) is 7.55. The van der Waals surface area contributed by atoms with E-state index < -0.39 is 0 Å². The molecule has 1 heterocycles. The molecule has 0 atom stereocenters. The Kier molecular flexibility index (Phi) is 4.38. The number of rotatable bonds is 4. The predicted molar refractivity (Wildman–Crippen MR) is 92.8 cm³/mol. The molecule has 122 valence electrons. The highest BCUT2D eigenvalue weighted by Gasteiger charge is 2.22. The topological polar surface area (TPSA) is 44.8 Å². The van der Waals surface area contributed by atoms with Crippen LogP contribution < -0.4 is 9.47 Å². The summed E-state index contributed by atoms with van der Waals surface area (Å²) in [4.78, 5) is 12.1. The largest absolute Gasteiger partial charge is 0.493 e. The van der Waals surface area contributed by atoms with Crippen molar-refractivity contribution in [2.24, 2.45) is 0 Å². The molecule has 2 aromatic rings. The predicted octanol–water partition coefficient (Wildman–Crippen LogP) is 3.99. The van der Waals surface area contributed by atoms with E-state index >= 15 is 0 Å². The summed E-state index contributed by atoms with van der Waals surface area (Å²) in [5.41, 5.74) is 3.37. The molecule has 0 aromatic heterocycles. The Morgan fingerprint density at radius 3 is 2.33 bits per heavy atom. The lowest BCUT2D eigenvalue weighted by Gasteiger charge is -2.07. The average Bonchev–Trinajstić information content (AvgIpc) is 2.96. The van der Waals surface area contributed by atoms with E-state index in [1.807, 2.05) is 43.3 Å². The molecule has 0 fully saturated rings. The second kappa shape index (κ2) is 6.62. The maximum Gasteiger partial charge on any atom is 0.343 e. The van der Waals surface area contributed by atoms with Crippen molar-refractivity contribution in [2.45, 2.75) is 6.92 Å². The Bertz CT molecular complexity index is 829. The number of esters is 1. The van der Waals surface area contributed by atoms with Gasteiger partial charge in [-0.2, -0.15) is 0 Å². The van der Waals surface area contributed by atoms with Gasteiger partial charge in [0.25, 0.3) is 0 Å². The van der Waals surface area contributed by atoms with Crippen molar-refractivity contribution in [3.05, 3.63) is 70.8 Å². The van der Waals surface area contributed by atoms with Gasteiger partial charge in [0.1, 0.15) is 5.76 Å². The number of carbonyl (C=O) groups excluding carboxylic acids is 1. The smallest absolute Gasteiger partial charge is 0.343 e. The van der Waals surface area contributed by atoms with Gasteiger partial charge in [-0.15, -0.1) is 0 Å². The van der Waals surface area contributed by atoms with Gasteiger partial charge in [0.15, 0.2) is 11.5 Å². The third kappa shape index (κ3) is 3.18. The number of cyclic esters (lactones) is 1. The minimum absolute atomic E-state index is 0.361. The SMILES string of the molecule is COc1ccc(C=C2C=C(c3ccc(C)cc3)OC2=O)cc1OC. The summed E-state index contributed by atoms with van der Waals surface area (Å²) in [6, 6.07) is 13.3. The quantitative estimate of drug-likeness (QED) is 0.630. The van der Waals surface area contributed by atoms with Gasteiger partial charge in [-0.1, -0.05) is 35.9 Å². The molecule has 0 N–H and O–H groups in total. The number of hydrogen-bond donors (Lipinski definition) is 0. The Morgan fingerprint density at radius 1 is 0.958 bits per heavy atom. The van der Waals surface area contributed by atoms with Crippen LogP contribution in [0.4, 0.5) is 0 Å². The number of benzene rings is 2. The van der Waals surface area contributed by atoms with Crippen LogP contribution in [0.5, 0.6) is 11.5 Å². The Labute approximate surface area is 141 Å². The molecule has 2 aromatic carbocycles. The van der Waals surface area contributed by atoms with Crippen molar-refractivity contribution in [1.29, 1.82) is 0 Å². The van der Waals surface area contributed by atoms with E-state index in [-0.39, 0.29) is 5.97 Å². The van der Waals surface area contributed by atoms with Gasteiger partial charge in [-0.05, 0) is 36.8 Å². The van der Waals surface area contributed by atoms with E-state index in [0.717, 1.165) is 16.7 Å². The van der Waals surface area contributed by atoms with Gasteiger partial charge in [0.05, 0.1) is 19.8 Å². The zero-order valence-corrected chi connectivity index (χ0v) is 13.8. The summed E-state index contributed by atoms with van der Waals surface area (Å²) >= 11 is 0. The van der Waals surface area contributed by atoms with Gasteiger partial charge in [-0.3, -0.25) is 0 Å². The first-order chi connectivity index (χ1) is 11.6. The molecule has 4 nitrogen and oxygen atoms in total. The van der Waals surface area contributed by atoms with Crippen LogP contribution in [0, 0.1) is 6.92 Å². The van der Waals surface area contributed by atoms with Gasteiger partial charge >= 0.3 is 5.97 Å². The summed E-state index contributed by atoms with van der Waals surface area (Å²) in [5, 5.41) is 0. The molecule has 0 aliphatic carbocycles. The standard InChI is InChI=1S/C20H18O4/c1-13-4-7-15(8-5-13)18-12-16(20(21)24-18)10-14-6-9-17(22-2)19(11-14)23-3/h4-12H,1-3H3. The van der Waals surface area contributed by atoms with Gasteiger partial charge in [0, 0.05) is 5.56 Å². The summed E-state index contributed by atoms with van der Waals surface area (Å²) in [6.07, 6.45) is 3.52. The molecule has 0 bridgehead atoms. The summed E-state index contributed by atoms with van der Waals surface area (Å²) in [5.74, 6) is 1.46. The van der Waals surface area contributed by atoms with Crippen LogP contribution in [0.2, 0.25) is 0 Å². The molecular formula is C20H18O4. The Balaban J connectivity index is 1.92. The van der Waals surface area contributed by atoms with Crippen LogP contribution in [0.1, 0.15) is 16.7 Å². The normalized spacial score (nSPS) is 15.2. The maximum atomic E-state index is 12.1. The van der Waals surface area contributed by atoms with Gasteiger partial charge < -0.3 is 14.2 Å². The monoisotopic (exact) mass is 322 g/mol. The number of hydrogen-bond acceptors (Lipinski definition) is 4. The highest BCUT2D eigenvalue weighted by molar-refractivity contribution is 6.05. The number of ether oxygens (including phenoxy) is 3. The van der Waals surface area contributed by atoms with Gasteiger partial charge in [-0.25, -0.2) is 4.79 Å². The van der Waals surface area contributed by atoms with Crippen molar-refractivity contribution in [1.82, 2.24) is 0 Å². The lowest BCUT2D eigenvalue weighted by Crippen LogP contribution is -1.97. The van der Waals surface area contributed by atoms with E-state index in [1.54, 1.807) is 32.4 Å². The van der Waals surface area contributed by atoms with Crippen molar-refractivity contribution >= 4 is 17.8 Å². The average molecular weight is 322 g/mol. The first-order valence-electron chi connectivity index (χ1n) is 7.55. The van der Waals surface area contributed by atoms with E-state index in [4.69, 9.17) is 14.2 Å². The van der Waals surface area contributed by atoms with E-state index in [9.17, 15) is 4.79 Å². The minimum atomic E-state index is -0.361. The van der Waals surface area contributed by atoms with Crippen molar-refractivity contribution in [3.63, 3.8) is 0 Å². The zero-order chi connectivity index (χ0) is 17.1. The molecule has 0 amide bonds. The fourth-order valence-corrected chi connectivity index (χ4v) is 2.47. The van der Waals surface area contributed by atoms with E-state index in [1.165, 1.54) is 0 Å². The summed E-state index contributed by atoms with van der Waals surface area (Å²) in [6.45, 7) is 2.02. The first kappa shape index (κ1) is 15.9. The number of aryl methyl sites for hydroxylation is 1. The summed E-state index contributed by atoms with van der Waals surface area (Å²) in [7, 11) is 3.16. The van der Waals surface area contributed by atoms with Crippen LogP contribution in [-0.2, 0) is 9.53 Å². The van der Waals surface area contributed by atoms with Crippen LogP contribution in [0.15, 0.2) is 54.1 Å². The maximum absolute atomic E-state index is 12.1. The Morgan fingerprint density at radius 2 is 1.67 bits per heavy atom. The minimum Gasteiger partial charge on any atom is -0.493 e. The summed E-state index contributed by atoms with van der Waals surface area (Å²) < 4.78 is 15.9. The highest BCUT2D eigenvalue weighted by Crippen LogP contribution is 2.31. The van der Waals surface area contributed by atoms with E-state index in [2.05, 4.69) is 0 Å². The molecule has 1 aliphatic rings.